The maximum Gasteiger partial charge on any atom is 0.416 e. The van der Waals surface area contributed by atoms with Crippen molar-refractivity contribution in [3.63, 3.8) is 0 Å². The zero-order valence-corrected chi connectivity index (χ0v) is 21.6. The summed E-state index contributed by atoms with van der Waals surface area (Å²) in [6.07, 6.45) is -20.4. The molecule has 0 unspecified atom stereocenters. The highest BCUT2D eigenvalue weighted by atomic mass is 19.4. The van der Waals surface area contributed by atoms with Crippen LogP contribution in [-0.4, -0.2) is 44.6 Å². The van der Waals surface area contributed by atoms with Crippen LogP contribution >= 0.6 is 0 Å². The van der Waals surface area contributed by atoms with Crippen LogP contribution in [0.2, 0.25) is 0 Å². The summed E-state index contributed by atoms with van der Waals surface area (Å²) < 4.78 is 164. The van der Waals surface area contributed by atoms with Gasteiger partial charge >= 0.3 is 24.7 Å². The third kappa shape index (κ3) is 7.41. The predicted molar refractivity (Wildman–Crippen MR) is 130 cm³/mol. The van der Waals surface area contributed by atoms with Crippen LogP contribution in [0.3, 0.4) is 0 Å². The van der Waals surface area contributed by atoms with Crippen molar-refractivity contribution in [3.8, 4) is 0 Å². The van der Waals surface area contributed by atoms with Crippen molar-refractivity contribution in [2.75, 3.05) is 37.0 Å². The molecule has 0 aliphatic carbocycles. The Hall–Kier alpha value is -3.62. The van der Waals surface area contributed by atoms with Crippen LogP contribution < -0.4 is 9.80 Å². The van der Waals surface area contributed by atoms with Crippen LogP contribution in [0.25, 0.3) is 0 Å². The lowest BCUT2D eigenvalue weighted by Crippen LogP contribution is -2.35. The lowest BCUT2D eigenvalue weighted by molar-refractivity contribution is -0.141. The van der Waals surface area contributed by atoms with Gasteiger partial charge in [-0.1, -0.05) is 42.5 Å². The normalized spacial score (nSPS) is 13.3. The molecular weight excluding hydrogens is 596 g/mol. The van der Waals surface area contributed by atoms with Crippen LogP contribution in [0.15, 0.2) is 66.7 Å². The van der Waals surface area contributed by atoms with E-state index in [1.165, 1.54) is 18.2 Å². The van der Waals surface area contributed by atoms with Gasteiger partial charge in [-0.2, -0.15) is 52.7 Å². The van der Waals surface area contributed by atoms with E-state index in [-0.39, 0.29) is 12.1 Å². The molecule has 0 aliphatic heterocycles. The van der Waals surface area contributed by atoms with E-state index in [9.17, 15) is 57.8 Å². The minimum Gasteiger partial charge on any atom is -0.376 e. The van der Waals surface area contributed by atoms with Crippen molar-refractivity contribution in [1.29, 1.82) is 0 Å². The largest absolute Gasteiger partial charge is 0.416 e. The van der Waals surface area contributed by atoms with Gasteiger partial charge in [0, 0.05) is 36.6 Å². The number of aliphatic hydroxyl groups is 1. The molecule has 3 aromatic rings. The Morgan fingerprint density at radius 1 is 0.524 bits per heavy atom. The van der Waals surface area contributed by atoms with Gasteiger partial charge in [-0.25, -0.2) is 0 Å². The average molecular weight is 618 g/mol. The summed E-state index contributed by atoms with van der Waals surface area (Å²) in [7, 11) is 1.70. The number of hydrogen-bond acceptors (Lipinski definition) is 3. The Bertz CT molecular complexity index is 1300. The summed E-state index contributed by atoms with van der Waals surface area (Å²) in [5, 5.41) is 12.0. The molecule has 0 spiro atoms. The van der Waals surface area contributed by atoms with E-state index in [4.69, 9.17) is 0 Å². The third-order valence-corrected chi connectivity index (χ3v) is 6.30. The molecule has 0 radical (unpaired) electrons. The number of anilines is 2. The monoisotopic (exact) mass is 618 g/mol. The molecule has 230 valence electrons. The molecule has 15 heteroatoms. The van der Waals surface area contributed by atoms with Gasteiger partial charge in [0.2, 0.25) is 0 Å². The topological polar surface area (TPSA) is 26.7 Å². The van der Waals surface area contributed by atoms with Crippen LogP contribution in [0.4, 0.5) is 64.1 Å². The van der Waals surface area contributed by atoms with Crippen molar-refractivity contribution >= 4 is 11.4 Å². The first-order valence-electron chi connectivity index (χ1n) is 11.8. The molecule has 0 aliphatic rings. The van der Waals surface area contributed by atoms with E-state index < -0.39 is 82.6 Å². The second kappa shape index (κ2) is 11.2. The van der Waals surface area contributed by atoms with Gasteiger partial charge in [-0.15, -0.1) is 0 Å². The van der Waals surface area contributed by atoms with E-state index in [2.05, 4.69) is 0 Å². The molecule has 0 saturated carbocycles. The standard InChI is InChI=1S/C27H22F12N2O/c1-40(14-23(28,29)30)17-8-10-19(21(12-17)26(34,35)36)25(42,16-6-4-3-5-7-16)20-11-9-18(13-22(20)27(37,38)39)41(2)15-24(31,32)33/h3-13,42H,14-15H2,1-2H3. The average Bonchev–Trinajstić information content (AvgIpc) is 2.85. The molecule has 0 fully saturated rings. The van der Waals surface area contributed by atoms with E-state index >= 15 is 0 Å². The SMILES string of the molecule is CN(CC(F)(F)F)c1ccc(C(O)(c2ccccc2)c2ccc(N(C)CC(F)(F)F)cc2C(F)(F)F)c(C(F)(F)F)c1. The zero-order chi connectivity index (χ0) is 31.9. The van der Waals surface area contributed by atoms with E-state index in [1.54, 1.807) is 0 Å². The molecule has 42 heavy (non-hydrogen) atoms. The molecule has 0 saturated heterocycles. The number of nitrogens with zero attached hydrogens (tertiary/aromatic N) is 2. The fourth-order valence-electron chi connectivity index (χ4n) is 4.50. The second-order valence-electron chi connectivity index (χ2n) is 9.47. The van der Waals surface area contributed by atoms with Crippen LogP contribution in [0.1, 0.15) is 27.8 Å². The molecule has 0 atom stereocenters. The highest BCUT2D eigenvalue weighted by Gasteiger charge is 2.48. The van der Waals surface area contributed by atoms with E-state index in [1.807, 2.05) is 0 Å². The maximum atomic E-state index is 14.4. The van der Waals surface area contributed by atoms with Gasteiger partial charge in [-0.3, -0.25) is 0 Å². The molecule has 3 nitrogen and oxygen atoms in total. The quantitative estimate of drug-likeness (QED) is 0.215. The van der Waals surface area contributed by atoms with Crippen molar-refractivity contribution in [3.05, 3.63) is 94.5 Å². The molecule has 3 aromatic carbocycles. The van der Waals surface area contributed by atoms with Crippen LogP contribution in [-0.2, 0) is 18.0 Å². The lowest BCUT2D eigenvalue weighted by atomic mass is 9.76. The summed E-state index contributed by atoms with van der Waals surface area (Å²) >= 11 is 0. The molecular formula is C27H22F12N2O. The predicted octanol–water partition coefficient (Wildman–Crippen LogP) is 8.01. The minimum atomic E-state index is -5.38. The molecule has 0 amide bonds. The van der Waals surface area contributed by atoms with E-state index in [0.717, 1.165) is 38.4 Å². The second-order valence-corrected chi connectivity index (χ2v) is 9.47. The fourth-order valence-corrected chi connectivity index (χ4v) is 4.50. The van der Waals surface area contributed by atoms with E-state index in [0.29, 0.717) is 21.9 Å². The lowest BCUT2D eigenvalue weighted by Gasteiger charge is -2.35. The fraction of sp³-hybridized carbons (Fsp3) is 0.333. The van der Waals surface area contributed by atoms with Crippen molar-refractivity contribution in [2.45, 2.75) is 30.3 Å². The number of rotatable bonds is 7. The summed E-state index contributed by atoms with van der Waals surface area (Å²) in [5.74, 6) is 0. The Morgan fingerprint density at radius 2 is 0.881 bits per heavy atom. The Labute approximate surface area is 231 Å². The highest BCUT2D eigenvalue weighted by Crippen LogP contribution is 2.48. The Balaban J connectivity index is 2.37. The molecule has 0 bridgehead atoms. The van der Waals surface area contributed by atoms with Gasteiger partial charge in [0.1, 0.15) is 18.7 Å². The first kappa shape index (κ1) is 32.9. The van der Waals surface area contributed by atoms with Gasteiger partial charge in [0.25, 0.3) is 0 Å². The van der Waals surface area contributed by atoms with Gasteiger partial charge in [0.05, 0.1) is 11.1 Å². The highest BCUT2D eigenvalue weighted by molar-refractivity contribution is 5.61. The minimum absolute atomic E-state index is 0.272. The summed E-state index contributed by atoms with van der Waals surface area (Å²) in [4.78, 5) is 0.875. The summed E-state index contributed by atoms with van der Waals surface area (Å²) in [6.45, 7) is -3.31. The Morgan fingerprint density at radius 3 is 1.19 bits per heavy atom. The van der Waals surface area contributed by atoms with Crippen LogP contribution in [0.5, 0.6) is 0 Å². The smallest absolute Gasteiger partial charge is 0.376 e. The number of halogens is 12. The number of hydrogen-bond donors (Lipinski definition) is 1. The van der Waals surface area contributed by atoms with Gasteiger partial charge in [-0.05, 0) is 29.8 Å². The molecule has 3 rings (SSSR count). The third-order valence-electron chi connectivity index (χ3n) is 6.30. The molecule has 1 N–H and O–H groups in total. The molecule has 0 aromatic heterocycles. The molecule has 0 heterocycles. The zero-order valence-electron chi connectivity index (χ0n) is 21.6. The summed E-state index contributed by atoms with van der Waals surface area (Å²) in [6, 6.07) is 9.12. The maximum absolute atomic E-state index is 14.4. The first-order chi connectivity index (χ1) is 19.0. The van der Waals surface area contributed by atoms with Crippen molar-refractivity contribution in [2.24, 2.45) is 0 Å². The number of benzene rings is 3. The van der Waals surface area contributed by atoms with Gasteiger partial charge < -0.3 is 14.9 Å². The van der Waals surface area contributed by atoms with Crippen LogP contribution in [0, 0.1) is 0 Å². The number of alkyl halides is 12. The summed E-state index contributed by atoms with van der Waals surface area (Å²) in [5.41, 5.74) is -10.6. The first-order valence-corrected chi connectivity index (χ1v) is 11.8. The van der Waals surface area contributed by atoms with Crippen molar-refractivity contribution in [1.82, 2.24) is 0 Å². The van der Waals surface area contributed by atoms with Gasteiger partial charge in [0.15, 0.2) is 0 Å². The van der Waals surface area contributed by atoms with Crippen molar-refractivity contribution < 1.29 is 57.8 Å². The Kier molecular flexibility index (Phi) is 8.79.